The summed E-state index contributed by atoms with van der Waals surface area (Å²) in [6, 6.07) is 17.6. The van der Waals surface area contributed by atoms with Gasteiger partial charge >= 0.3 is 0 Å². The number of rotatable bonds is 6. The molecule has 0 bridgehead atoms. The lowest BCUT2D eigenvalue weighted by Gasteiger charge is -2.15. The highest BCUT2D eigenvalue weighted by atomic mass is 16.5. The van der Waals surface area contributed by atoms with Crippen LogP contribution in [-0.4, -0.2) is 6.21 Å². The molecule has 0 radical (unpaired) electrons. The first-order valence-electron chi connectivity index (χ1n) is 8.21. The Morgan fingerprint density at radius 3 is 2.12 bits per heavy atom. The highest BCUT2D eigenvalue weighted by Gasteiger charge is 2.12. The fourth-order valence-electron chi connectivity index (χ4n) is 2.57. The summed E-state index contributed by atoms with van der Waals surface area (Å²) in [4.78, 5) is 4.22. The molecule has 0 spiro atoms. The second-order valence-corrected chi connectivity index (χ2v) is 5.57. The molecule has 0 unspecified atom stereocenters. The van der Waals surface area contributed by atoms with E-state index in [1.54, 1.807) is 6.21 Å². The van der Waals surface area contributed by atoms with Crippen LogP contribution in [0.4, 0.5) is 0 Å². The third-order valence-corrected chi connectivity index (χ3v) is 3.65. The van der Waals surface area contributed by atoms with Gasteiger partial charge in [-0.05, 0) is 61.7 Å². The molecule has 2 aromatic rings. The van der Waals surface area contributed by atoms with Gasteiger partial charge in [0.25, 0.3) is 0 Å². The van der Waals surface area contributed by atoms with Crippen LogP contribution in [-0.2, 0) is 0 Å². The zero-order valence-electron chi connectivity index (χ0n) is 15.0. The molecule has 2 aromatic carbocycles. The highest BCUT2D eigenvalue weighted by Crippen LogP contribution is 2.31. The summed E-state index contributed by atoms with van der Waals surface area (Å²) in [5.74, 6) is 2.06. The summed E-state index contributed by atoms with van der Waals surface area (Å²) in [6.07, 6.45) is 3.71. The van der Waals surface area contributed by atoms with E-state index in [9.17, 15) is 0 Å². The quantitative estimate of drug-likeness (QED) is 0.543. The van der Waals surface area contributed by atoms with Crippen LogP contribution >= 0.6 is 0 Å². The lowest BCUT2D eigenvalue weighted by atomic mass is 9.93. The van der Waals surface area contributed by atoms with Gasteiger partial charge < -0.3 is 10.5 Å². The predicted octanol–water partition coefficient (Wildman–Crippen LogP) is 5.72. The Hall–Kier alpha value is -3.07. The van der Waals surface area contributed by atoms with Crippen molar-refractivity contribution in [2.45, 2.75) is 20.8 Å². The number of ether oxygens (including phenoxy) is 1. The van der Waals surface area contributed by atoms with Gasteiger partial charge in [-0.2, -0.15) is 0 Å². The number of benzene rings is 2. The summed E-state index contributed by atoms with van der Waals surface area (Å²) in [7, 11) is 0. The van der Waals surface area contributed by atoms with Gasteiger partial charge in [-0.15, -0.1) is 0 Å². The van der Waals surface area contributed by atoms with E-state index in [4.69, 9.17) is 10.5 Å². The molecular weight excluding hydrogens is 308 g/mol. The summed E-state index contributed by atoms with van der Waals surface area (Å²) >= 11 is 0. The van der Waals surface area contributed by atoms with Crippen LogP contribution in [0, 0.1) is 0 Å². The Balaban J connectivity index is 2.33. The van der Waals surface area contributed by atoms with E-state index in [1.807, 2.05) is 81.4 Å². The van der Waals surface area contributed by atoms with Crippen LogP contribution < -0.4 is 10.5 Å². The van der Waals surface area contributed by atoms with Crippen molar-refractivity contribution in [1.82, 2.24) is 0 Å². The van der Waals surface area contributed by atoms with Gasteiger partial charge in [0.1, 0.15) is 17.3 Å². The monoisotopic (exact) mass is 332 g/mol. The van der Waals surface area contributed by atoms with E-state index in [0.29, 0.717) is 5.82 Å². The molecular formula is C22H24N2O. The number of aliphatic imine (C=N–C) groups is 1. The van der Waals surface area contributed by atoms with Crippen molar-refractivity contribution in [2.75, 3.05) is 0 Å². The fraction of sp³-hybridized carbons (Fsp3) is 0.136. The number of hydrogen-bond donors (Lipinski definition) is 1. The Morgan fingerprint density at radius 2 is 1.60 bits per heavy atom. The summed E-state index contributed by atoms with van der Waals surface area (Å²) in [5.41, 5.74) is 9.90. The zero-order chi connectivity index (χ0) is 18.2. The Morgan fingerprint density at radius 1 is 1.00 bits per heavy atom. The molecule has 0 fully saturated rings. The Labute approximate surface area is 149 Å². The second kappa shape index (κ2) is 8.69. The maximum atomic E-state index is 6.13. The van der Waals surface area contributed by atoms with Crippen LogP contribution in [0.5, 0.6) is 11.5 Å². The summed E-state index contributed by atoms with van der Waals surface area (Å²) in [6.45, 7) is 9.81. The third kappa shape index (κ3) is 4.70. The SMILES string of the molecule is C=C(C)C(/C(=C\C)c1ccc(Oc2ccccc2)cc1)=C(N)\N=C/C. The van der Waals surface area contributed by atoms with Gasteiger partial charge in [-0.3, -0.25) is 0 Å². The van der Waals surface area contributed by atoms with Crippen molar-refractivity contribution in [2.24, 2.45) is 10.7 Å². The van der Waals surface area contributed by atoms with Crippen LogP contribution in [0.3, 0.4) is 0 Å². The van der Waals surface area contributed by atoms with Gasteiger partial charge in [-0.25, -0.2) is 4.99 Å². The van der Waals surface area contributed by atoms with Crippen molar-refractivity contribution < 1.29 is 4.74 Å². The number of para-hydroxylation sites is 1. The Bertz CT molecular complexity index is 813. The summed E-state index contributed by atoms with van der Waals surface area (Å²) in [5, 5.41) is 0. The average Bonchev–Trinajstić information content (AvgIpc) is 2.61. The maximum Gasteiger partial charge on any atom is 0.131 e. The lowest BCUT2D eigenvalue weighted by Crippen LogP contribution is -2.03. The van der Waals surface area contributed by atoms with Crippen LogP contribution in [0.1, 0.15) is 26.3 Å². The van der Waals surface area contributed by atoms with Gasteiger partial charge in [-0.1, -0.05) is 43.0 Å². The van der Waals surface area contributed by atoms with Crippen molar-refractivity contribution in [3.05, 3.63) is 89.8 Å². The fourth-order valence-corrected chi connectivity index (χ4v) is 2.57. The molecule has 0 atom stereocenters. The molecule has 2 N–H and O–H groups in total. The normalized spacial score (nSPS) is 12.8. The molecule has 2 rings (SSSR count). The van der Waals surface area contributed by atoms with E-state index in [0.717, 1.165) is 33.8 Å². The molecule has 3 heteroatoms. The molecule has 128 valence electrons. The first-order chi connectivity index (χ1) is 12.1. The number of nitrogens with two attached hydrogens (primary N) is 1. The Kier molecular flexibility index (Phi) is 6.35. The minimum absolute atomic E-state index is 0.465. The van der Waals surface area contributed by atoms with Crippen LogP contribution in [0.25, 0.3) is 5.57 Å². The first-order valence-corrected chi connectivity index (χ1v) is 8.21. The first kappa shape index (κ1) is 18.3. The number of hydrogen-bond acceptors (Lipinski definition) is 3. The average molecular weight is 332 g/mol. The molecule has 3 nitrogen and oxygen atoms in total. The molecule has 25 heavy (non-hydrogen) atoms. The largest absolute Gasteiger partial charge is 0.457 e. The minimum atomic E-state index is 0.465. The minimum Gasteiger partial charge on any atom is -0.457 e. The second-order valence-electron chi connectivity index (χ2n) is 5.57. The van der Waals surface area contributed by atoms with Gasteiger partial charge in [0.2, 0.25) is 0 Å². The predicted molar refractivity (Wildman–Crippen MR) is 107 cm³/mol. The third-order valence-electron chi connectivity index (χ3n) is 3.65. The van der Waals surface area contributed by atoms with E-state index in [2.05, 4.69) is 11.6 Å². The molecule has 0 heterocycles. The van der Waals surface area contributed by atoms with Gasteiger partial charge in [0, 0.05) is 11.8 Å². The molecule has 0 saturated heterocycles. The lowest BCUT2D eigenvalue weighted by molar-refractivity contribution is 0.482. The van der Waals surface area contributed by atoms with Crippen LogP contribution in [0.2, 0.25) is 0 Å². The van der Waals surface area contributed by atoms with Crippen molar-refractivity contribution in [3.8, 4) is 11.5 Å². The number of nitrogens with zero attached hydrogens (tertiary/aromatic N) is 1. The topological polar surface area (TPSA) is 47.6 Å². The highest BCUT2D eigenvalue weighted by molar-refractivity contribution is 5.84. The molecule has 0 aliphatic carbocycles. The molecule has 0 saturated carbocycles. The van der Waals surface area contributed by atoms with Gasteiger partial charge in [0.05, 0.1) is 0 Å². The van der Waals surface area contributed by atoms with Crippen molar-refractivity contribution in [1.29, 1.82) is 0 Å². The molecule has 0 aromatic heterocycles. The van der Waals surface area contributed by atoms with Crippen molar-refractivity contribution >= 4 is 11.8 Å². The van der Waals surface area contributed by atoms with E-state index in [-0.39, 0.29) is 0 Å². The smallest absolute Gasteiger partial charge is 0.131 e. The maximum absolute atomic E-state index is 6.13. The molecule has 0 amide bonds. The van der Waals surface area contributed by atoms with E-state index in [1.165, 1.54) is 0 Å². The van der Waals surface area contributed by atoms with E-state index >= 15 is 0 Å². The van der Waals surface area contributed by atoms with E-state index < -0.39 is 0 Å². The van der Waals surface area contributed by atoms with Crippen molar-refractivity contribution in [3.63, 3.8) is 0 Å². The number of allylic oxidation sites excluding steroid dienone is 4. The molecule has 0 aliphatic heterocycles. The van der Waals surface area contributed by atoms with Gasteiger partial charge in [0.15, 0.2) is 0 Å². The summed E-state index contributed by atoms with van der Waals surface area (Å²) < 4.78 is 5.84. The standard InChI is InChI=1S/C22H24N2O/c1-5-20(21(16(3)4)22(23)24-6-2)17-12-14-19(15-13-17)25-18-10-8-7-9-11-18/h5-15H,3,23H2,1-2,4H3/b20-5-,22-21+,24-6-. The molecule has 0 aliphatic rings. The van der Waals surface area contributed by atoms with Crippen LogP contribution in [0.15, 0.2) is 89.2 Å². The zero-order valence-corrected chi connectivity index (χ0v) is 15.0.